The van der Waals surface area contributed by atoms with E-state index in [2.05, 4.69) is 15.5 Å². The van der Waals surface area contributed by atoms with E-state index < -0.39 is 0 Å². The van der Waals surface area contributed by atoms with E-state index in [1.54, 1.807) is 11.3 Å². The van der Waals surface area contributed by atoms with E-state index in [9.17, 15) is 0 Å². The molecule has 0 aliphatic carbocycles. The van der Waals surface area contributed by atoms with Gasteiger partial charge in [-0.15, -0.1) is 10.2 Å². The van der Waals surface area contributed by atoms with Crippen LogP contribution in [0.2, 0.25) is 0 Å². The summed E-state index contributed by atoms with van der Waals surface area (Å²) >= 11 is 3.50. The fourth-order valence-electron chi connectivity index (χ4n) is 1.90. The van der Waals surface area contributed by atoms with Gasteiger partial charge in [-0.25, -0.2) is 0 Å². The van der Waals surface area contributed by atoms with Crippen LogP contribution >= 0.6 is 23.1 Å². The van der Waals surface area contributed by atoms with Crippen LogP contribution < -0.4 is 10.2 Å². The third-order valence-corrected chi connectivity index (χ3v) is 5.14. The lowest BCUT2D eigenvalue weighted by atomic mass is 10.0. The monoisotopic (exact) mass is 272 g/mol. The minimum Gasteiger partial charge on any atom is -0.353 e. The van der Waals surface area contributed by atoms with Crippen LogP contribution in [0.5, 0.6) is 0 Å². The molecular formula is C11H20N4S2. The van der Waals surface area contributed by atoms with Gasteiger partial charge in [0.05, 0.1) is 0 Å². The second-order valence-corrected chi connectivity index (χ2v) is 6.83. The van der Waals surface area contributed by atoms with Crippen LogP contribution in [0.25, 0.3) is 0 Å². The third kappa shape index (κ3) is 4.12. The number of hydrogen-bond donors (Lipinski definition) is 1. The van der Waals surface area contributed by atoms with Crippen LogP contribution in [-0.4, -0.2) is 42.6 Å². The molecule has 6 heteroatoms. The van der Waals surface area contributed by atoms with E-state index in [0.29, 0.717) is 0 Å². The van der Waals surface area contributed by atoms with E-state index in [1.165, 1.54) is 32.2 Å². The molecule has 4 nitrogen and oxygen atoms in total. The van der Waals surface area contributed by atoms with Gasteiger partial charge >= 0.3 is 0 Å². The van der Waals surface area contributed by atoms with Gasteiger partial charge in [0.2, 0.25) is 5.13 Å². The Hall–Kier alpha value is -0.330. The van der Waals surface area contributed by atoms with E-state index >= 15 is 0 Å². The molecule has 1 aliphatic rings. The van der Waals surface area contributed by atoms with Gasteiger partial charge in [0.1, 0.15) is 0 Å². The summed E-state index contributed by atoms with van der Waals surface area (Å²) < 4.78 is 1.09. The Labute approximate surface area is 111 Å². The minimum absolute atomic E-state index is 0.720. The van der Waals surface area contributed by atoms with Gasteiger partial charge in [-0.2, -0.15) is 0 Å². The number of rotatable bonds is 5. The van der Waals surface area contributed by atoms with Crippen molar-refractivity contribution in [1.29, 1.82) is 0 Å². The zero-order valence-electron chi connectivity index (χ0n) is 10.5. The van der Waals surface area contributed by atoms with Crippen molar-refractivity contribution in [3.05, 3.63) is 0 Å². The van der Waals surface area contributed by atoms with Gasteiger partial charge in [-0.1, -0.05) is 29.5 Å². The highest BCUT2D eigenvalue weighted by atomic mass is 32.2. The molecule has 1 aliphatic heterocycles. The predicted molar refractivity (Wildman–Crippen MR) is 75.2 cm³/mol. The Morgan fingerprint density at radius 3 is 2.94 bits per heavy atom. The molecule has 1 atom stereocenters. The predicted octanol–water partition coefficient (Wildman–Crippen LogP) is 2.23. The van der Waals surface area contributed by atoms with Gasteiger partial charge in [-0.05, 0) is 25.8 Å². The third-order valence-electron chi connectivity index (χ3n) is 2.88. The quantitative estimate of drug-likeness (QED) is 0.833. The molecule has 96 valence electrons. The minimum atomic E-state index is 0.720. The van der Waals surface area contributed by atoms with Gasteiger partial charge in [0, 0.05) is 25.9 Å². The van der Waals surface area contributed by atoms with Crippen molar-refractivity contribution < 1.29 is 0 Å². The number of hydrogen-bond acceptors (Lipinski definition) is 6. The molecule has 1 unspecified atom stereocenters. The maximum atomic E-state index is 4.19. The van der Waals surface area contributed by atoms with E-state index in [-0.39, 0.29) is 0 Å². The molecule has 1 fully saturated rings. The number of aromatic nitrogens is 2. The summed E-state index contributed by atoms with van der Waals surface area (Å²) in [4.78, 5) is 2.00. The Balaban J connectivity index is 1.70. The Morgan fingerprint density at radius 1 is 1.41 bits per heavy atom. The van der Waals surface area contributed by atoms with Crippen molar-refractivity contribution in [2.24, 2.45) is 0 Å². The van der Waals surface area contributed by atoms with Crippen molar-refractivity contribution in [3.63, 3.8) is 0 Å². The molecule has 0 amide bonds. The van der Waals surface area contributed by atoms with Crippen LogP contribution in [0.3, 0.4) is 0 Å². The van der Waals surface area contributed by atoms with Crippen molar-refractivity contribution in [2.75, 3.05) is 31.3 Å². The first-order valence-electron chi connectivity index (χ1n) is 6.13. The molecule has 0 bridgehead atoms. The molecule has 2 heterocycles. The van der Waals surface area contributed by atoms with Crippen LogP contribution in [0.15, 0.2) is 4.34 Å². The molecule has 1 aromatic heterocycles. The van der Waals surface area contributed by atoms with E-state index in [4.69, 9.17) is 0 Å². The maximum Gasteiger partial charge on any atom is 0.208 e. The van der Waals surface area contributed by atoms with Crippen molar-refractivity contribution in [1.82, 2.24) is 15.5 Å². The largest absolute Gasteiger partial charge is 0.353 e. The summed E-state index contributed by atoms with van der Waals surface area (Å²) in [6.45, 7) is 1.19. The average molecular weight is 272 g/mol. The molecule has 1 aromatic rings. The zero-order valence-corrected chi connectivity index (χ0v) is 12.1. The van der Waals surface area contributed by atoms with Crippen molar-refractivity contribution in [3.8, 4) is 0 Å². The fourth-order valence-corrected chi connectivity index (χ4v) is 3.79. The second-order valence-electron chi connectivity index (χ2n) is 4.53. The molecule has 1 N–H and O–H groups in total. The molecule has 0 spiro atoms. The molecular weight excluding hydrogens is 252 g/mol. The fraction of sp³-hybridized carbons (Fsp3) is 0.818. The highest BCUT2D eigenvalue weighted by molar-refractivity contribution is 8.01. The molecule has 1 saturated heterocycles. The van der Waals surface area contributed by atoms with Gasteiger partial charge < -0.3 is 10.2 Å². The number of thioether (sulfide) groups is 1. The maximum absolute atomic E-state index is 4.19. The summed E-state index contributed by atoms with van der Waals surface area (Å²) in [6, 6.07) is 0.720. The first-order valence-corrected chi connectivity index (χ1v) is 7.93. The normalized spacial score (nSPS) is 20.5. The summed E-state index contributed by atoms with van der Waals surface area (Å²) in [5.74, 6) is 1.14. The molecule has 0 radical (unpaired) electrons. The van der Waals surface area contributed by atoms with Gasteiger partial charge in [-0.3, -0.25) is 0 Å². The topological polar surface area (TPSA) is 41.1 Å². The molecule has 2 rings (SSSR count). The number of nitrogens with zero attached hydrogens (tertiary/aromatic N) is 3. The Kier molecular flexibility index (Phi) is 5.06. The molecule has 0 aromatic carbocycles. The standard InChI is InChI=1S/C11H20N4S2/c1-15(2)10-13-14-11(17-10)16-8-6-9-5-3-4-7-12-9/h9,12H,3-8H2,1-2H3. The second kappa shape index (κ2) is 6.56. The number of anilines is 1. The van der Waals surface area contributed by atoms with Crippen LogP contribution in [0.1, 0.15) is 25.7 Å². The van der Waals surface area contributed by atoms with Crippen molar-refractivity contribution in [2.45, 2.75) is 36.1 Å². The lowest BCUT2D eigenvalue weighted by Gasteiger charge is -2.22. The summed E-state index contributed by atoms with van der Waals surface area (Å²) in [5.41, 5.74) is 0. The summed E-state index contributed by atoms with van der Waals surface area (Å²) in [7, 11) is 4.00. The lowest BCUT2D eigenvalue weighted by molar-refractivity contribution is 0.395. The molecule has 17 heavy (non-hydrogen) atoms. The summed E-state index contributed by atoms with van der Waals surface area (Å²) in [6.07, 6.45) is 5.29. The smallest absolute Gasteiger partial charge is 0.208 e. The van der Waals surface area contributed by atoms with E-state index in [0.717, 1.165) is 21.3 Å². The zero-order chi connectivity index (χ0) is 12.1. The SMILES string of the molecule is CN(C)c1nnc(SCCC2CCCCN2)s1. The van der Waals surface area contributed by atoms with Gasteiger partial charge in [0.25, 0.3) is 0 Å². The van der Waals surface area contributed by atoms with Crippen molar-refractivity contribution >= 4 is 28.2 Å². The lowest BCUT2D eigenvalue weighted by Crippen LogP contribution is -2.34. The summed E-state index contributed by atoms with van der Waals surface area (Å²) in [5, 5.41) is 12.9. The van der Waals surface area contributed by atoms with Crippen LogP contribution in [0.4, 0.5) is 5.13 Å². The van der Waals surface area contributed by atoms with E-state index in [1.807, 2.05) is 30.8 Å². The molecule has 0 saturated carbocycles. The average Bonchev–Trinajstić information content (AvgIpc) is 2.79. The van der Waals surface area contributed by atoms with Crippen LogP contribution in [-0.2, 0) is 0 Å². The Bertz CT molecular complexity index is 334. The number of piperidine rings is 1. The number of nitrogens with one attached hydrogen (secondary N) is 1. The first kappa shape index (κ1) is 13.1. The highest BCUT2D eigenvalue weighted by Gasteiger charge is 2.13. The first-order chi connectivity index (χ1) is 8.25. The Morgan fingerprint density at radius 2 is 2.29 bits per heavy atom. The highest BCUT2D eigenvalue weighted by Crippen LogP contribution is 2.27. The van der Waals surface area contributed by atoms with Gasteiger partial charge in [0.15, 0.2) is 4.34 Å². The van der Waals surface area contributed by atoms with Crippen LogP contribution in [0, 0.1) is 0 Å².